The third-order valence-corrected chi connectivity index (χ3v) is 5.64. The topological polar surface area (TPSA) is 90.7 Å². The van der Waals surface area contributed by atoms with Gasteiger partial charge in [0, 0.05) is 29.1 Å². The molecule has 6 heterocycles. The van der Waals surface area contributed by atoms with Crippen molar-refractivity contribution in [3.05, 3.63) is 115 Å². The summed E-state index contributed by atoms with van der Waals surface area (Å²) in [6.07, 6.45) is 16.1. The van der Waals surface area contributed by atoms with Crippen molar-refractivity contribution in [2.24, 2.45) is 0 Å². The van der Waals surface area contributed by atoms with Crippen LogP contribution in [0.2, 0.25) is 0 Å². The summed E-state index contributed by atoms with van der Waals surface area (Å²) in [5, 5.41) is 8.60. The first-order chi connectivity index (χ1) is 17.8. The van der Waals surface area contributed by atoms with Crippen LogP contribution in [0, 0.1) is 0 Å². The van der Waals surface area contributed by atoms with Gasteiger partial charge in [0.25, 0.3) is 0 Å². The minimum Gasteiger partial charge on any atom is -0.464 e. The second-order valence-corrected chi connectivity index (χ2v) is 7.89. The van der Waals surface area contributed by atoms with Gasteiger partial charge >= 0.3 is 0 Å². The maximum Gasteiger partial charge on any atom is 0.136 e. The SMILES string of the molecule is C(=C\c1occc1-c1ccccn1)/c1ccc2c(/C=C/c3occc3-c3ccccn3)nnc-2cn1. The Morgan fingerprint density at radius 3 is 1.83 bits per heavy atom. The Balaban J connectivity index is 1.26. The van der Waals surface area contributed by atoms with E-state index in [-0.39, 0.29) is 0 Å². The van der Waals surface area contributed by atoms with Gasteiger partial charge in [-0.05, 0) is 72.8 Å². The maximum absolute atomic E-state index is 5.67. The molecule has 36 heavy (non-hydrogen) atoms. The number of nitrogens with zero attached hydrogens (tertiary/aromatic N) is 5. The Morgan fingerprint density at radius 1 is 0.528 bits per heavy atom. The minimum atomic E-state index is 0.700. The van der Waals surface area contributed by atoms with Crippen molar-refractivity contribution < 1.29 is 8.83 Å². The Hall–Kier alpha value is -5.17. The first-order valence-corrected chi connectivity index (χ1v) is 11.3. The molecule has 2 aliphatic rings. The maximum atomic E-state index is 5.67. The lowest BCUT2D eigenvalue weighted by Gasteiger charge is -1.97. The van der Waals surface area contributed by atoms with Gasteiger partial charge in [-0.3, -0.25) is 15.0 Å². The predicted octanol–water partition coefficient (Wildman–Crippen LogP) is 6.63. The van der Waals surface area contributed by atoms with E-state index in [1.807, 2.05) is 85.0 Å². The van der Waals surface area contributed by atoms with Crippen molar-refractivity contribution in [2.75, 3.05) is 0 Å². The van der Waals surface area contributed by atoms with Crippen molar-refractivity contribution >= 4 is 24.3 Å². The second kappa shape index (κ2) is 9.60. The first-order valence-electron chi connectivity index (χ1n) is 11.3. The molecule has 0 saturated heterocycles. The van der Waals surface area contributed by atoms with Crippen molar-refractivity contribution in [3.63, 3.8) is 0 Å². The highest BCUT2D eigenvalue weighted by Gasteiger charge is 2.12. The Bertz CT molecular complexity index is 1630. The molecule has 6 rings (SSSR count). The van der Waals surface area contributed by atoms with Crippen LogP contribution in [0.5, 0.6) is 0 Å². The number of pyridine rings is 2. The largest absolute Gasteiger partial charge is 0.464 e. The number of fused-ring (bicyclic) bond motifs is 1. The lowest BCUT2D eigenvalue weighted by atomic mass is 10.1. The zero-order valence-corrected chi connectivity index (χ0v) is 19.0. The van der Waals surface area contributed by atoms with E-state index in [0.717, 1.165) is 39.5 Å². The third-order valence-electron chi connectivity index (χ3n) is 5.64. The number of hydrogen-bond acceptors (Lipinski definition) is 7. The van der Waals surface area contributed by atoms with Gasteiger partial charge in [-0.1, -0.05) is 12.1 Å². The van der Waals surface area contributed by atoms with Crippen LogP contribution in [0.15, 0.2) is 101 Å². The summed E-state index contributed by atoms with van der Waals surface area (Å²) in [5.41, 5.74) is 6.61. The van der Waals surface area contributed by atoms with Crippen LogP contribution in [0.3, 0.4) is 0 Å². The molecule has 0 spiro atoms. The third kappa shape index (κ3) is 4.33. The molecule has 172 valence electrons. The Labute approximate surface area is 206 Å². The summed E-state index contributed by atoms with van der Waals surface area (Å²) in [6.45, 7) is 0. The number of aromatic nitrogens is 5. The van der Waals surface area contributed by atoms with Crippen LogP contribution >= 0.6 is 0 Å². The monoisotopic (exact) mass is 469 g/mol. The fourth-order valence-electron chi connectivity index (χ4n) is 3.87. The van der Waals surface area contributed by atoms with Gasteiger partial charge < -0.3 is 8.83 Å². The summed E-state index contributed by atoms with van der Waals surface area (Å²) in [5.74, 6) is 1.42. The zero-order valence-electron chi connectivity index (χ0n) is 19.0. The van der Waals surface area contributed by atoms with E-state index in [2.05, 4.69) is 25.1 Å². The fourth-order valence-corrected chi connectivity index (χ4v) is 3.87. The normalized spacial score (nSPS) is 11.7. The van der Waals surface area contributed by atoms with Crippen LogP contribution in [-0.4, -0.2) is 25.1 Å². The first kappa shape index (κ1) is 21.4. The van der Waals surface area contributed by atoms with Gasteiger partial charge in [-0.2, -0.15) is 0 Å². The molecular formula is C29H19N5O2. The molecular weight excluding hydrogens is 450 g/mol. The molecule has 2 aliphatic heterocycles. The van der Waals surface area contributed by atoms with E-state index in [1.165, 1.54) is 0 Å². The van der Waals surface area contributed by atoms with Gasteiger partial charge in [0.2, 0.25) is 0 Å². The van der Waals surface area contributed by atoms with Crippen LogP contribution in [-0.2, 0) is 0 Å². The summed E-state index contributed by atoms with van der Waals surface area (Å²) >= 11 is 0. The highest BCUT2D eigenvalue weighted by Crippen LogP contribution is 2.28. The number of rotatable bonds is 6. The van der Waals surface area contributed by atoms with E-state index >= 15 is 0 Å². The molecule has 0 amide bonds. The standard InChI is InChI=1S/C29H19N5O2/c1-3-15-30-24(5-1)22-13-17-35-28(22)11-8-20-7-9-21-26(33-34-27(21)19-32-20)10-12-29-23(14-18-36-29)25-6-2-4-16-31-25/h1-19H/b11-8+,12-10+. The summed E-state index contributed by atoms with van der Waals surface area (Å²) in [6, 6.07) is 19.3. The van der Waals surface area contributed by atoms with Crippen LogP contribution in [0.25, 0.3) is 58.1 Å². The lowest BCUT2D eigenvalue weighted by molar-refractivity contribution is 0.558. The Morgan fingerprint density at radius 2 is 1.19 bits per heavy atom. The summed E-state index contributed by atoms with van der Waals surface area (Å²) in [7, 11) is 0. The molecule has 0 radical (unpaired) electrons. The molecule has 0 fully saturated rings. The van der Waals surface area contributed by atoms with E-state index in [0.29, 0.717) is 17.2 Å². The van der Waals surface area contributed by atoms with Crippen LogP contribution in [0.1, 0.15) is 22.9 Å². The molecule has 0 saturated carbocycles. The highest BCUT2D eigenvalue weighted by molar-refractivity contribution is 5.81. The fraction of sp³-hybridized carbons (Fsp3) is 0. The Kier molecular flexibility index (Phi) is 5.70. The van der Waals surface area contributed by atoms with Crippen molar-refractivity contribution in [3.8, 4) is 33.8 Å². The van der Waals surface area contributed by atoms with Crippen molar-refractivity contribution in [1.82, 2.24) is 25.1 Å². The molecule has 0 atom stereocenters. The molecule has 0 N–H and O–H groups in total. The molecule has 4 aromatic rings. The smallest absolute Gasteiger partial charge is 0.136 e. The zero-order chi connectivity index (χ0) is 24.2. The van der Waals surface area contributed by atoms with Gasteiger partial charge in [-0.25, -0.2) is 0 Å². The molecule has 7 heteroatoms. The second-order valence-electron chi connectivity index (χ2n) is 7.89. The van der Waals surface area contributed by atoms with Gasteiger partial charge in [0.15, 0.2) is 0 Å². The van der Waals surface area contributed by atoms with E-state index < -0.39 is 0 Å². The average Bonchev–Trinajstić information content (AvgIpc) is 3.65. The molecule has 0 aromatic carbocycles. The van der Waals surface area contributed by atoms with Crippen molar-refractivity contribution in [1.29, 1.82) is 0 Å². The lowest BCUT2D eigenvalue weighted by Crippen LogP contribution is -1.81. The van der Waals surface area contributed by atoms with E-state index in [4.69, 9.17) is 8.83 Å². The van der Waals surface area contributed by atoms with Crippen LogP contribution in [0.4, 0.5) is 0 Å². The van der Waals surface area contributed by atoms with Gasteiger partial charge in [0.05, 0.1) is 41.5 Å². The molecule has 0 bridgehead atoms. The van der Waals surface area contributed by atoms with E-state index in [1.54, 1.807) is 31.1 Å². The van der Waals surface area contributed by atoms with Crippen molar-refractivity contribution in [2.45, 2.75) is 0 Å². The quantitative estimate of drug-likeness (QED) is 0.270. The molecule has 0 unspecified atom stereocenters. The number of furan rings is 2. The van der Waals surface area contributed by atoms with Gasteiger partial charge in [-0.15, -0.1) is 10.2 Å². The molecule has 4 aromatic heterocycles. The average molecular weight is 470 g/mol. The van der Waals surface area contributed by atoms with Crippen LogP contribution < -0.4 is 0 Å². The highest BCUT2D eigenvalue weighted by atomic mass is 16.3. The summed E-state index contributed by atoms with van der Waals surface area (Å²) < 4.78 is 11.3. The summed E-state index contributed by atoms with van der Waals surface area (Å²) in [4.78, 5) is 13.4. The number of hydrogen-bond donors (Lipinski definition) is 0. The molecule has 7 nitrogen and oxygen atoms in total. The predicted molar refractivity (Wildman–Crippen MR) is 138 cm³/mol. The minimum absolute atomic E-state index is 0.700. The van der Waals surface area contributed by atoms with Gasteiger partial charge in [0.1, 0.15) is 17.2 Å². The van der Waals surface area contributed by atoms with E-state index in [9.17, 15) is 0 Å². The molecule has 0 aliphatic carbocycles.